The molecule has 0 radical (unpaired) electrons. The number of nitrogens with zero attached hydrogens (tertiary/aromatic N) is 3. The van der Waals surface area contributed by atoms with Crippen LogP contribution in [0.3, 0.4) is 0 Å². The van der Waals surface area contributed by atoms with Crippen molar-refractivity contribution in [2.24, 2.45) is 0 Å². The first-order valence-electron chi connectivity index (χ1n) is 8.24. The number of rotatable bonds is 7. The Labute approximate surface area is 161 Å². The molecule has 0 spiro atoms. The number of carbonyl (C=O) groups excluding carboxylic acids is 1. The van der Waals surface area contributed by atoms with E-state index in [9.17, 15) is 4.79 Å². The highest BCUT2D eigenvalue weighted by atomic mass is 32.2. The number of para-hydroxylation sites is 2. The van der Waals surface area contributed by atoms with E-state index in [4.69, 9.17) is 9.47 Å². The lowest BCUT2D eigenvalue weighted by Gasteiger charge is -2.11. The van der Waals surface area contributed by atoms with Crippen LogP contribution in [0.4, 0.5) is 5.69 Å². The van der Waals surface area contributed by atoms with Gasteiger partial charge in [-0.15, -0.1) is 10.2 Å². The molecular weight excluding hydrogens is 364 g/mol. The fourth-order valence-corrected chi connectivity index (χ4v) is 3.33. The van der Waals surface area contributed by atoms with Gasteiger partial charge in [-0.2, -0.15) is 0 Å². The number of nitrogens with one attached hydrogen (secondary N) is 1. The van der Waals surface area contributed by atoms with Crippen LogP contribution in [-0.2, 0) is 4.79 Å². The van der Waals surface area contributed by atoms with E-state index in [1.807, 2.05) is 47.9 Å². The van der Waals surface area contributed by atoms with Gasteiger partial charge >= 0.3 is 0 Å². The predicted molar refractivity (Wildman–Crippen MR) is 105 cm³/mol. The SMILES string of the molecule is COc1ccc(-n2c(C)nnc2SCC(=O)Nc2ccccc2OC)cc1. The van der Waals surface area contributed by atoms with E-state index in [1.165, 1.54) is 11.8 Å². The van der Waals surface area contributed by atoms with Gasteiger partial charge in [0.1, 0.15) is 17.3 Å². The maximum Gasteiger partial charge on any atom is 0.234 e. The molecule has 1 amide bonds. The Kier molecular flexibility index (Phi) is 5.97. The van der Waals surface area contributed by atoms with Crippen LogP contribution in [0.25, 0.3) is 5.69 Å². The first-order chi connectivity index (χ1) is 13.1. The second-order valence-corrected chi connectivity index (χ2v) is 6.54. The summed E-state index contributed by atoms with van der Waals surface area (Å²) >= 11 is 1.32. The van der Waals surface area contributed by atoms with Crippen molar-refractivity contribution in [2.45, 2.75) is 12.1 Å². The molecule has 0 aliphatic rings. The van der Waals surface area contributed by atoms with E-state index in [0.717, 1.165) is 17.3 Å². The van der Waals surface area contributed by atoms with Crippen LogP contribution in [-0.4, -0.2) is 40.6 Å². The number of thioether (sulfide) groups is 1. The zero-order chi connectivity index (χ0) is 19.2. The minimum absolute atomic E-state index is 0.147. The van der Waals surface area contributed by atoms with Gasteiger partial charge in [0.05, 0.1) is 25.7 Å². The zero-order valence-electron chi connectivity index (χ0n) is 15.3. The number of carbonyl (C=O) groups is 1. The molecular formula is C19H20N4O3S. The summed E-state index contributed by atoms with van der Waals surface area (Å²) in [5.41, 5.74) is 1.55. The molecule has 27 heavy (non-hydrogen) atoms. The number of anilines is 1. The molecule has 7 nitrogen and oxygen atoms in total. The highest BCUT2D eigenvalue weighted by molar-refractivity contribution is 7.99. The average Bonchev–Trinajstić information content (AvgIpc) is 3.07. The van der Waals surface area contributed by atoms with Crippen molar-refractivity contribution in [3.63, 3.8) is 0 Å². The normalized spacial score (nSPS) is 10.5. The number of ether oxygens (including phenoxy) is 2. The monoisotopic (exact) mass is 384 g/mol. The van der Waals surface area contributed by atoms with E-state index in [1.54, 1.807) is 26.4 Å². The summed E-state index contributed by atoms with van der Waals surface area (Å²) in [7, 11) is 3.19. The van der Waals surface area contributed by atoms with Gasteiger partial charge in [-0.25, -0.2) is 0 Å². The van der Waals surface area contributed by atoms with Crippen LogP contribution in [0.2, 0.25) is 0 Å². The molecule has 1 heterocycles. The van der Waals surface area contributed by atoms with Gasteiger partial charge in [-0.3, -0.25) is 9.36 Å². The van der Waals surface area contributed by atoms with Crippen molar-refractivity contribution in [2.75, 3.05) is 25.3 Å². The number of aryl methyl sites for hydroxylation is 1. The molecule has 140 valence electrons. The standard InChI is InChI=1S/C19H20N4O3S/c1-13-21-22-19(23(13)14-8-10-15(25-2)11-9-14)27-12-18(24)20-16-6-4-5-7-17(16)26-3/h4-11H,12H2,1-3H3,(H,20,24). The summed E-state index contributed by atoms with van der Waals surface area (Å²) in [6.45, 7) is 1.87. The number of benzene rings is 2. The molecule has 0 saturated carbocycles. The first kappa shape index (κ1) is 18.8. The van der Waals surface area contributed by atoms with Gasteiger partial charge in [-0.05, 0) is 43.3 Å². The van der Waals surface area contributed by atoms with Crippen molar-refractivity contribution < 1.29 is 14.3 Å². The summed E-state index contributed by atoms with van der Waals surface area (Å²) in [4.78, 5) is 12.3. The van der Waals surface area contributed by atoms with Crippen LogP contribution in [0, 0.1) is 6.92 Å². The molecule has 0 fully saturated rings. The third kappa shape index (κ3) is 4.40. The average molecular weight is 384 g/mol. The second-order valence-electron chi connectivity index (χ2n) is 5.60. The van der Waals surface area contributed by atoms with Gasteiger partial charge in [0.2, 0.25) is 5.91 Å². The van der Waals surface area contributed by atoms with Crippen molar-refractivity contribution in [3.05, 3.63) is 54.4 Å². The van der Waals surface area contributed by atoms with Crippen molar-refractivity contribution >= 4 is 23.4 Å². The largest absolute Gasteiger partial charge is 0.497 e. The van der Waals surface area contributed by atoms with Crippen LogP contribution in [0.5, 0.6) is 11.5 Å². The summed E-state index contributed by atoms with van der Waals surface area (Å²) < 4.78 is 12.3. The Hall–Kier alpha value is -3.00. The Bertz CT molecular complexity index is 925. The maximum atomic E-state index is 12.3. The molecule has 2 aromatic carbocycles. The summed E-state index contributed by atoms with van der Waals surface area (Å²) in [5, 5.41) is 11.8. The van der Waals surface area contributed by atoms with E-state index < -0.39 is 0 Å². The first-order valence-corrected chi connectivity index (χ1v) is 9.23. The summed E-state index contributed by atoms with van der Waals surface area (Å²) in [6.07, 6.45) is 0. The minimum atomic E-state index is -0.147. The van der Waals surface area contributed by atoms with Crippen LogP contribution < -0.4 is 14.8 Å². The third-order valence-electron chi connectivity index (χ3n) is 3.84. The molecule has 1 aromatic heterocycles. The lowest BCUT2D eigenvalue weighted by atomic mass is 10.3. The fraction of sp³-hybridized carbons (Fsp3) is 0.211. The van der Waals surface area contributed by atoms with Crippen molar-refractivity contribution in [3.8, 4) is 17.2 Å². The topological polar surface area (TPSA) is 78.3 Å². The Morgan fingerprint density at radius 3 is 2.52 bits per heavy atom. The molecule has 3 aromatic rings. The molecule has 0 aliphatic carbocycles. The van der Waals surface area contributed by atoms with E-state index >= 15 is 0 Å². The third-order valence-corrected chi connectivity index (χ3v) is 4.77. The fourth-order valence-electron chi connectivity index (χ4n) is 2.53. The number of hydrogen-bond donors (Lipinski definition) is 1. The molecule has 0 saturated heterocycles. The van der Waals surface area contributed by atoms with E-state index in [-0.39, 0.29) is 11.7 Å². The smallest absolute Gasteiger partial charge is 0.234 e. The molecule has 1 N–H and O–H groups in total. The number of aromatic nitrogens is 3. The van der Waals surface area contributed by atoms with Crippen LogP contribution >= 0.6 is 11.8 Å². The van der Waals surface area contributed by atoms with Crippen molar-refractivity contribution in [1.82, 2.24) is 14.8 Å². The molecule has 3 rings (SSSR count). The molecule has 0 aliphatic heterocycles. The van der Waals surface area contributed by atoms with Crippen LogP contribution in [0.15, 0.2) is 53.7 Å². The Balaban J connectivity index is 1.70. The molecule has 0 unspecified atom stereocenters. The Morgan fingerprint density at radius 2 is 1.81 bits per heavy atom. The minimum Gasteiger partial charge on any atom is -0.497 e. The lowest BCUT2D eigenvalue weighted by Crippen LogP contribution is -2.15. The predicted octanol–water partition coefficient (Wildman–Crippen LogP) is 3.32. The lowest BCUT2D eigenvalue weighted by molar-refractivity contribution is -0.113. The van der Waals surface area contributed by atoms with E-state index in [0.29, 0.717) is 16.6 Å². The second kappa shape index (κ2) is 8.59. The number of hydrogen-bond acceptors (Lipinski definition) is 6. The summed E-state index contributed by atoms with van der Waals surface area (Å²) in [5.74, 6) is 2.19. The molecule has 0 bridgehead atoms. The van der Waals surface area contributed by atoms with E-state index in [2.05, 4.69) is 15.5 Å². The molecule has 0 atom stereocenters. The highest BCUT2D eigenvalue weighted by Gasteiger charge is 2.14. The number of amides is 1. The zero-order valence-corrected chi connectivity index (χ0v) is 16.1. The van der Waals surface area contributed by atoms with Gasteiger partial charge < -0.3 is 14.8 Å². The summed E-state index contributed by atoms with van der Waals surface area (Å²) in [6, 6.07) is 14.9. The Morgan fingerprint density at radius 1 is 1.07 bits per heavy atom. The van der Waals surface area contributed by atoms with Gasteiger partial charge in [0.15, 0.2) is 5.16 Å². The highest BCUT2D eigenvalue weighted by Crippen LogP contribution is 2.25. The number of methoxy groups -OCH3 is 2. The van der Waals surface area contributed by atoms with Crippen molar-refractivity contribution in [1.29, 1.82) is 0 Å². The quantitative estimate of drug-likeness (QED) is 0.630. The van der Waals surface area contributed by atoms with Crippen LogP contribution in [0.1, 0.15) is 5.82 Å². The van der Waals surface area contributed by atoms with Gasteiger partial charge in [0.25, 0.3) is 0 Å². The molecule has 8 heteroatoms. The van der Waals surface area contributed by atoms with Gasteiger partial charge in [0, 0.05) is 5.69 Å². The maximum absolute atomic E-state index is 12.3. The van der Waals surface area contributed by atoms with Gasteiger partial charge in [-0.1, -0.05) is 23.9 Å².